The highest BCUT2D eigenvalue weighted by molar-refractivity contribution is 5.97. The van der Waals surface area contributed by atoms with Crippen LogP contribution in [-0.4, -0.2) is 30.9 Å². The van der Waals surface area contributed by atoms with Crippen LogP contribution in [0.4, 0.5) is 15.8 Å². The molecule has 3 rings (SSSR count). The molecule has 2 N–H and O–H groups in total. The minimum Gasteiger partial charge on any atom is -0.362 e. The van der Waals surface area contributed by atoms with Gasteiger partial charge in [-0.25, -0.2) is 4.39 Å². The first kappa shape index (κ1) is 19.9. The summed E-state index contributed by atoms with van der Waals surface area (Å²) in [4.78, 5) is 27.2. The van der Waals surface area contributed by atoms with Gasteiger partial charge in [0, 0.05) is 17.9 Å². The van der Waals surface area contributed by atoms with E-state index in [2.05, 4.69) is 21.6 Å². The van der Waals surface area contributed by atoms with Crippen molar-refractivity contribution in [2.45, 2.75) is 38.6 Å². The molecule has 1 heterocycles. The first-order valence-electron chi connectivity index (χ1n) is 9.75. The number of para-hydroxylation sites is 1. The molecule has 1 aliphatic rings. The van der Waals surface area contributed by atoms with Gasteiger partial charge in [-0.05, 0) is 55.5 Å². The number of nitrogens with zero attached hydrogens (tertiary/aromatic N) is 1. The van der Waals surface area contributed by atoms with Gasteiger partial charge in [0.2, 0.25) is 11.8 Å². The van der Waals surface area contributed by atoms with Crippen LogP contribution in [0.2, 0.25) is 0 Å². The molecule has 28 heavy (non-hydrogen) atoms. The minimum absolute atomic E-state index is 0.196. The van der Waals surface area contributed by atoms with Gasteiger partial charge in [-0.1, -0.05) is 31.2 Å². The predicted octanol–water partition coefficient (Wildman–Crippen LogP) is 3.50. The number of fused-ring (bicyclic) bond motifs is 1. The summed E-state index contributed by atoms with van der Waals surface area (Å²) >= 11 is 0. The van der Waals surface area contributed by atoms with E-state index in [1.807, 2.05) is 25.1 Å². The van der Waals surface area contributed by atoms with Crippen molar-refractivity contribution in [2.75, 3.05) is 23.3 Å². The fourth-order valence-electron chi connectivity index (χ4n) is 3.50. The number of anilines is 2. The number of aryl methyl sites for hydroxylation is 1. The lowest BCUT2D eigenvalue weighted by Crippen LogP contribution is -2.47. The molecule has 0 bridgehead atoms. The third-order valence-corrected chi connectivity index (χ3v) is 4.94. The van der Waals surface area contributed by atoms with Crippen molar-refractivity contribution >= 4 is 23.2 Å². The van der Waals surface area contributed by atoms with Gasteiger partial charge < -0.3 is 15.5 Å². The predicted molar refractivity (Wildman–Crippen MR) is 109 cm³/mol. The van der Waals surface area contributed by atoms with E-state index >= 15 is 0 Å². The van der Waals surface area contributed by atoms with Crippen LogP contribution in [0.1, 0.15) is 31.7 Å². The fourth-order valence-corrected chi connectivity index (χ4v) is 3.50. The zero-order chi connectivity index (χ0) is 19.9. The topological polar surface area (TPSA) is 61.4 Å². The Balaban J connectivity index is 1.62. The van der Waals surface area contributed by atoms with Crippen LogP contribution in [0.25, 0.3) is 0 Å². The van der Waals surface area contributed by atoms with Gasteiger partial charge >= 0.3 is 0 Å². The number of rotatable bonds is 6. The van der Waals surface area contributed by atoms with Gasteiger partial charge in [0.25, 0.3) is 0 Å². The van der Waals surface area contributed by atoms with Crippen LogP contribution >= 0.6 is 0 Å². The van der Waals surface area contributed by atoms with Crippen molar-refractivity contribution in [2.24, 2.45) is 0 Å². The molecule has 6 heteroatoms. The van der Waals surface area contributed by atoms with E-state index in [0.29, 0.717) is 12.1 Å². The van der Waals surface area contributed by atoms with Gasteiger partial charge in [0.15, 0.2) is 0 Å². The van der Waals surface area contributed by atoms with E-state index in [1.165, 1.54) is 23.8 Å². The highest BCUT2D eigenvalue weighted by Crippen LogP contribution is 2.25. The molecule has 0 aromatic heterocycles. The zero-order valence-electron chi connectivity index (χ0n) is 16.1. The molecule has 2 amide bonds. The van der Waals surface area contributed by atoms with Crippen molar-refractivity contribution in [3.63, 3.8) is 0 Å². The molecular weight excluding hydrogens is 357 g/mol. The number of benzene rings is 2. The molecule has 148 valence electrons. The molecular formula is C22H26FN3O2. The highest BCUT2D eigenvalue weighted by Gasteiger charge is 2.22. The maximum atomic E-state index is 13.3. The van der Waals surface area contributed by atoms with Crippen molar-refractivity contribution in [3.05, 3.63) is 59.9 Å². The number of amides is 2. The minimum atomic E-state index is -0.669. The Bertz CT molecular complexity index is 840. The third kappa shape index (κ3) is 5.09. The Kier molecular flexibility index (Phi) is 6.63. The van der Waals surface area contributed by atoms with Gasteiger partial charge in [-0.2, -0.15) is 0 Å². The van der Waals surface area contributed by atoms with E-state index in [1.54, 1.807) is 6.07 Å². The monoisotopic (exact) mass is 383 g/mol. The van der Waals surface area contributed by atoms with Gasteiger partial charge in [-0.15, -0.1) is 0 Å². The third-order valence-electron chi connectivity index (χ3n) is 4.94. The van der Waals surface area contributed by atoms with Gasteiger partial charge in [-0.3, -0.25) is 9.59 Å². The Labute approximate surface area is 164 Å². The summed E-state index contributed by atoms with van der Waals surface area (Å²) in [5.74, 6) is -0.967. The zero-order valence-corrected chi connectivity index (χ0v) is 16.1. The van der Waals surface area contributed by atoms with E-state index in [-0.39, 0.29) is 18.4 Å². The van der Waals surface area contributed by atoms with Crippen LogP contribution < -0.4 is 15.5 Å². The number of carbonyl (C=O) groups is 2. The van der Waals surface area contributed by atoms with Crippen molar-refractivity contribution in [3.8, 4) is 0 Å². The molecule has 2 aromatic carbocycles. The Morgan fingerprint density at radius 3 is 2.75 bits per heavy atom. The Morgan fingerprint density at radius 2 is 1.96 bits per heavy atom. The van der Waals surface area contributed by atoms with Crippen LogP contribution in [0.15, 0.2) is 48.5 Å². The average molecular weight is 383 g/mol. The Morgan fingerprint density at radius 1 is 1.14 bits per heavy atom. The van der Waals surface area contributed by atoms with E-state index < -0.39 is 11.9 Å². The number of hydrogen-bond donors (Lipinski definition) is 2. The second-order valence-corrected chi connectivity index (χ2v) is 7.04. The summed E-state index contributed by atoms with van der Waals surface area (Å²) in [7, 11) is 0. The number of hydrogen-bond acceptors (Lipinski definition) is 3. The summed E-state index contributed by atoms with van der Waals surface area (Å²) in [5.41, 5.74) is 2.72. The smallest absolute Gasteiger partial charge is 0.246 e. The first-order chi connectivity index (χ1) is 13.6. The fraction of sp³-hybridized carbons (Fsp3) is 0.364. The normalized spacial score (nSPS) is 14.6. The van der Waals surface area contributed by atoms with Crippen LogP contribution in [0.3, 0.4) is 0 Å². The number of nitrogens with one attached hydrogen (secondary N) is 2. The number of carbonyl (C=O) groups excluding carboxylic acids is 2. The van der Waals surface area contributed by atoms with Gasteiger partial charge in [0.1, 0.15) is 11.9 Å². The summed E-state index contributed by atoms with van der Waals surface area (Å²) in [5, 5.41) is 5.47. The highest BCUT2D eigenvalue weighted by atomic mass is 19.1. The molecule has 0 aliphatic carbocycles. The summed E-state index contributed by atoms with van der Waals surface area (Å²) in [6, 6.07) is 13.2. The summed E-state index contributed by atoms with van der Waals surface area (Å²) in [6.45, 7) is 2.86. The second kappa shape index (κ2) is 9.35. The molecule has 1 aliphatic heterocycles. The van der Waals surface area contributed by atoms with E-state index in [4.69, 9.17) is 0 Å². The van der Waals surface area contributed by atoms with Crippen LogP contribution in [0, 0.1) is 5.82 Å². The molecule has 0 fully saturated rings. The van der Waals surface area contributed by atoms with Gasteiger partial charge in [0.05, 0.1) is 6.54 Å². The largest absolute Gasteiger partial charge is 0.362 e. The molecule has 0 spiro atoms. The van der Waals surface area contributed by atoms with Crippen molar-refractivity contribution in [1.82, 2.24) is 5.32 Å². The lowest BCUT2D eigenvalue weighted by molar-refractivity contribution is -0.125. The van der Waals surface area contributed by atoms with Crippen LogP contribution in [0.5, 0.6) is 0 Å². The molecule has 0 saturated carbocycles. The van der Waals surface area contributed by atoms with E-state index in [0.717, 1.165) is 31.5 Å². The van der Waals surface area contributed by atoms with Crippen molar-refractivity contribution < 1.29 is 14.0 Å². The molecule has 1 atom stereocenters. The molecule has 0 saturated heterocycles. The van der Waals surface area contributed by atoms with E-state index in [9.17, 15) is 14.0 Å². The molecule has 0 radical (unpaired) electrons. The first-order valence-corrected chi connectivity index (χ1v) is 9.75. The summed E-state index contributed by atoms with van der Waals surface area (Å²) in [6.07, 6.45) is 3.59. The molecule has 1 unspecified atom stereocenters. The maximum Gasteiger partial charge on any atom is 0.246 e. The molecule has 2 aromatic rings. The second-order valence-electron chi connectivity index (χ2n) is 7.04. The maximum absolute atomic E-state index is 13.3. The molecule has 5 nitrogen and oxygen atoms in total. The number of halogens is 1. The SMILES string of the molecule is CCC(NC(=O)CN1CCCCc2ccccc21)C(=O)Nc1cccc(F)c1. The summed E-state index contributed by atoms with van der Waals surface area (Å²) < 4.78 is 13.3. The Hall–Kier alpha value is -2.89. The quantitative estimate of drug-likeness (QED) is 0.803. The standard InChI is InChI=1S/C22H26FN3O2/c1-2-19(22(28)24-18-11-7-10-17(23)14-18)25-21(27)15-26-13-6-5-9-16-8-3-4-12-20(16)26/h3-4,7-8,10-12,14,19H,2,5-6,9,13,15H2,1H3,(H,24,28)(H,25,27). The average Bonchev–Trinajstić information content (AvgIpc) is 2.88. The lowest BCUT2D eigenvalue weighted by Gasteiger charge is -2.25. The lowest BCUT2D eigenvalue weighted by atomic mass is 10.1. The van der Waals surface area contributed by atoms with Crippen molar-refractivity contribution in [1.29, 1.82) is 0 Å². The van der Waals surface area contributed by atoms with Crippen LogP contribution in [-0.2, 0) is 16.0 Å².